The van der Waals surface area contributed by atoms with Crippen molar-refractivity contribution < 1.29 is 4.42 Å². The maximum atomic E-state index is 5.69. The van der Waals surface area contributed by atoms with Gasteiger partial charge in [0, 0.05) is 27.7 Å². The average molecular weight is 412 g/mol. The van der Waals surface area contributed by atoms with Gasteiger partial charge in [-0.1, -0.05) is 78.9 Å². The molecule has 152 valence electrons. The molecule has 0 aliphatic rings. The van der Waals surface area contributed by atoms with Crippen LogP contribution >= 0.6 is 0 Å². The SMILES string of the molecule is c1ccc(N(c2cccc(-c3ccco3)c2)c2c3ccccc3cc3ccccc23)cc1. The fourth-order valence-electron chi connectivity index (χ4n) is 4.46. The Morgan fingerprint density at radius 1 is 0.500 bits per heavy atom. The maximum absolute atomic E-state index is 5.69. The molecule has 6 rings (SSSR count). The fourth-order valence-corrected chi connectivity index (χ4v) is 4.46. The van der Waals surface area contributed by atoms with Gasteiger partial charge in [-0.25, -0.2) is 0 Å². The second-order valence-electron chi connectivity index (χ2n) is 7.87. The van der Waals surface area contributed by atoms with E-state index in [-0.39, 0.29) is 0 Å². The molecule has 0 spiro atoms. The Bertz CT molecular complexity index is 1460. The Morgan fingerprint density at radius 2 is 1.16 bits per heavy atom. The van der Waals surface area contributed by atoms with Crippen LogP contribution in [0.2, 0.25) is 0 Å². The van der Waals surface area contributed by atoms with Gasteiger partial charge in [0.25, 0.3) is 0 Å². The lowest BCUT2D eigenvalue weighted by Gasteiger charge is -2.28. The van der Waals surface area contributed by atoms with Gasteiger partial charge in [0.2, 0.25) is 0 Å². The van der Waals surface area contributed by atoms with Gasteiger partial charge in [0.05, 0.1) is 12.0 Å². The molecule has 0 bridgehead atoms. The Morgan fingerprint density at radius 3 is 1.84 bits per heavy atom. The summed E-state index contributed by atoms with van der Waals surface area (Å²) < 4.78 is 5.69. The molecule has 0 amide bonds. The van der Waals surface area contributed by atoms with Crippen LogP contribution in [0.4, 0.5) is 17.1 Å². The van der Waals surface area contributed by atoms with E-state index in [2.05, 4.69) is 114 Å². The number of furan rings is 1. The number of fused-ring (bicyclic) bond motifs is 2. The van der Waals surface area contributed by atoms with E-state index < -0.39 is 0 Å². The van der Waals surface area contributed by atoms with Crippen LogP contribution in [0.15, 0.2) is 132 Å². The van der Waals surface area contributed by atoms with Gasteiger partial charge in [-0.3, -0.25) is 0 Å². The summed E-state index contributed by atoms with van der Waals surface area (Å²) in [4.78, 5) is 2.36. The minimum atomic E-state index is 0.864. The number of benzene rings is 5. The monoisotopic (exact) mass is 411 g/mol. The Hall–Kier alpha value is -4.30. The number of anilines is 3. The number of para-hydroxylation sites is 1. The maximum Gasteiger partial charge on any atom is 0.133 e. The van der Waals surface area contributed by atoms with Crippen LogP contribution in [0.5, 0.6) is 0 Å². The van der Waals surface area contributed by atoms with Crippen molar-refractivity contribution in [2.24, 2.45) is 0 Å². The normalized spacial score (nSPS) is 11.1. The number of hydrogen-bond acceptors (Lipinski definition) is 2. The van der Waals surface area contributed by atoms with E-state index in [1.165, 1.54) is 27.2 Å². The van der Waals surface area contributed by atoms with Gasteiger partial charge in [-0.15, -0.1) is 0 Å². The van der Waals surface area contributed by atoms with E-state index in [9.17, 15) is 0 Å². The van der Waals surface area contributed by atoms with Crippen molar-refractivity contribution in [2.75, 3.05) is 4.90 Å². The minimum absolute atomic E-state index is 0.864. The van der Waals surface area contributed by atoms with Crippen molar-refractivity contribution in [3.8, 4) is 11.3 Å². The van der Waals surface area contributed by atoms with Gasteiger partial charge >= 0.3 is 0 Å². The van der Waals surface area contributed by atoms with Gasteiger partial charge in [-0.2, -0.15) is 0 Å². The van der Waals surface area contributed by atoms with E-state index in [4.69, 9.17) is 4.42 Å². The summed E-state index contributed by atoms with van der Waals surface area (Å²) in [5.41, 5.74) is 4.44. The first-order valence-electron chi connectivity index (χ1n) is 10.8. The van der Waals surface area contributed by atoms with Crippen LogP contribution in [-0.2, 0) is 0 Å². The molecule has 0 aliphatic heterocycles. The second kappa shape index (κ2) is 7.75. The lowest BCUT2D eigenvalue weighted by Crippen LogP contribution is -2.11. The minimum Gasteiger partial charge on any atom is -0.464 e. The van der Waals surface area contributed by atoms with Crippen LogP contribution in [0.3, 0.4) is 0 Å². The molecule has 0 atom stereocenters. The molecule has 5 aromatic carbocycles. The summed E-state index contributed by atoms with van der Waals surface area (Å²) in [6, 6.07) is 42.5. The van der Waals surface area contributed by atoms with Gasteiger partial charge in [0.1, 0.15) is 5.76 Å². The fraction of sp³-hybridized carbons (Fsp3) is 0. The molecule has 0 fully saturated rings. The topological polar surface area (TPSA) is 16.4 Å². The Kier molecular flexibility index (Phi) is 4.47. The molecule has 0 N–H and O–H groups in total. The lowest BCUT2D eigenvalue weighted by molar-refractivity contribution is 0.582. The van der Waals surface area contributed by atoms with Crippen LogP contribution in [-0.4, -0.2) is 0 Å². The zero-order valence-corrected chi connectivity index (χ0v) is 17.5. The zero-order chi connectivity index (χ0) is 21.3. The molecule has 0 aliphatic carbocycles. The van der Waals surface area contributed by atoms with Crippen LogP contribution in [0.1, 0.15) is 0 Å². The third kappa shape index (κ3) is 3.14. The molecule has 2 nitrogen and oxygen atoms in total. The molecule has 6 aromatic rings. The molecule has 32 heavy (non-hydrogen) atoms. The molecule has 0 saturated heterocycles. The highest BCUT2D eigenvalue weighted by atomic mass is 16.3. The largest absolute Gasteiger partial charge is 0.464 e. The summed E-state index contributed by atoms with van der Waals surface area (Å²) in [5.74, 6) is 0.864. The molecule has 0 radical (unpaired) electrons. The highest BCUT2D eigenvalue weighted by Crippen LogP contribution is 2.44. The summed E-state index contributed by atoms with van der Waals surface area (Å²) >= 11 is 0. The third-order valence-corrected chi connectivity index (χ3v) is 5.89. The van der Waals surface area contributed by atoms with Crippen LogP contribution in [0, 0.1) is 0 Å². The first kappa shape index (κ1) is 18.5. The first-order chi connectivity index (χ1) is 15.9. The third-order valence-electron chi connectivity index (χ3n) is 5.89. The molecule has 0 saturated carbocycles. The standard InChI is InChI=1S/C30H21NO/c1-2-13-25(14-3-1)31(26-15-8-12-24(21-26)29-18-9-19-32-29)30-27-16-6-4-10-22(27)20-23-11-5-7-17-28(23)30/h1-21H. The highest BCUT2D eigenvalue weighted by Gasteiger charge is 2.19. The lowest BCUT2D eigenvalue weighted by atomic mass is 9.99. The van der Waals surface area contributed by atoms with Crippen molar-refractivity contribution in [1.82, 2.24) is 0 Å². The molecular weight excluding hydrogens is 390 g/mol. The van der Waals surface area contributed by atoms with E-state index in [0.29, 0.717) is 0 Å². The Labute approximate surface area is 187 Å². The highest BCUT2D eigenvalue weighted by molar-refractivity contribution is 6.14. The van der Waals surface area contributed by atoms with E-state index >= 15 is 0 Å². The van der Waals surface area contributed by atoms with Crippen molar-refractivity contribution in [2.45, 2.75) is 0 Å². The smallest absolute Gasteiger partial charge is 0.133 e. The average Bonchev–Trinajstić information content (AvgIpc) is 3.40. The van der Waals surface area contributed by atoms with Gasteiger partial charge in [0.15, 0.2) is 0 Å². The quantitative estimate of drug-likeness (QED) is 0.270. The van der Waals surface area contributed by atoms with Crippen LogP contribution in [0.25, 0.3) is 32.9 Å². The van der Waals surface area contributed by atoms with E-state index in [1.807, 2.05) is 12.1 Å². The molecule has 1 aromatic heterocycles. The van der Waals surface area contributed by atoms with E-state index in [1.54, 1.807) is 6.26 Å². The van der Waals surface area contributed by atoms with Crippen LogP contribution < -0.4 is 4.90 Å². The first-order valence-corrected chi connectivity index (χ1v) is 10.8. The van der Waals surface area contributed by atoms with Crippen molar-refractivity contribution >= 4 is 38.6 Å². The number of rotatable bonds is 4. The molecule has 2 heteroatoms. The predicted molar refractivity (Wildman–Crippen MR) is 134 cm³/mol. The zero-order valence-electron chi connectivity index (χ0n) is 17.5. The summed E-state index contributed by atoms with van der Waals surface area (Å²) in [5, 5.41) is 4.89. The van der Waals surface area contributed by atoms with Crippen molar-refractivity contribution in [3.63, 3.8) is 0 Å². The number of nitrogens with zero attached hydrogens (tertiary/aromatic N) is 1. The summed E-state index contributed by atoms with van der Waals surface area (Å²) in [6.07, 6.45) is 1.72. The number of hydrogen-bond donors (Lipinski definition) is 0. The summed E-state index contributed by atoms with van der Waals surface area (Å²) in [7, 11) is 0. The second-order valence-corrected chi connectivity index (χ2v) is 7.87. The van der Waals surface area contributed by atoms with E-state index in [0.717, 1.165) is 22.7 Å². The molecular formula is C30H21NO. The van der Waals surface area contributed by atoms with Crippen molar-refractivity contribution in [1.29, 1.82) is 0 Å². The van der Waals surface area contributed by atoms with Gasteiger partial charge in [-0.05, 0) is 53.2 Å². The molecule has 1 heterocycles. The van der Waals surface area contributed by atoms with Gasteiger partial charge < -0.3 is 9.32 Å². The Balaban J connectivity index is 1.69. The molecule has 0 unspecified atom stereocenters. The summed E-state index contributed by atoms with van der Waals surface area (Å²) in [6.45, 7) is 0. The van der Waals surface area contributed by atoms with Crippen molar-refractivity contribution in [3.05, 3.63) is 128 Å². The predicted octanol–water partition coefficient (Wildman–Crippen LogP) is 8.72.